The van der Waals surface area contributed by atoms with E-state index >= 15 is 0 Å². The molecule has 0 bridgehead atoms. The number of aromatic hydroxyl groups is 1. The number of halogens is 1. The first kappa shape index (κ1) is 12.7. The van der Waals surface area contributed by atoms with E-state index in [2.05, 4.69) is 5.32 Å². The minimum atomic E-state index is -0.554. The van der Waals surface area contributed by atoms with Crippen LogP contribution in [0.5, 0.6) is 5.75 Å². The monoisotopic (exact) mass is 295 g/mol. The molecule has 1 aromatic carbocycles. The van der Waals surface area contributed by atoms with Crippen LogP contribution in [-0.2, 0) is 0 Å². The van der Waals surface area contributed by atoms with E-state index in [4.69, 9.17) is 5.11 Å². The van der Waals surface area contributed by atoms with Crippen LogP contribution in [0.3, 0.4) is 0 Å². The van der Waals surface area contributed by atoms with Crippen LogP contribution in [0.4, 0.5) is 0 Å². The third-order valence-corrected chi connectivity index (χ3v) is 1.65. The van der Waals surface area contributed by atoms with Crippen LogP contribution in [0, 0.1) is 0 Å². The van der Waals surface area contributed by atoms with Crippen molar-refractivity contribution in [3.8, 4) is 5.75 Å². The average molecular weight is 295 g/mol. The summed E-state index contributed by atoms with van der Waals surface area (Å²) in [4.78, 5) is 0. The molecule has 0 radical (unpaired) electrons. The molecule has 0 aliphatic heterocycles. The topological polar surface area (TPSA) is 52.5 Å². The zero-order chi connectivity index (χ0) is 8.97. The molecule has 0 amide bonds. The van der Waals surface area contributed by atoms with E-state index in [0.717, 1.165) is 5.56 Å². The van der Waals surface area contributed by atoms with E-state index < -0.39 is 6.10 Å². The Hall–Kier alpha value is -0.330. The van der Waals surface area contributed by atoms with Crippen LogP contribution in [0.25, 0.3) is 0 Å². The van der Waals surface area contributed by atoms with Gasteiger partial charge < -0.3 is 15.5 Å². The number of phenolic OH excluding ortho intramolecular Hbond substituents is 1. The first-order valence-corrected chi connectivity index (χ1v) is 3.85. The lowest BCUT2D eigenvalue weighted by Gasteiger charge is -2.09. The first-order valence-electron chi connectivity index (χ1n) is 3.85. The van der Waals surface area contributed by atoms with Crippen LogP contribution in [0.15, 0.2) is 24.3 Å². The Labute approximate surface area is 94.8 Å². The number of phenols is 1. The van der Waals surface area contributed by atoms with Crippen LogP contribution < -0.4 is 5.32 Å². The predicted molar refractivity (Wildman–Crippen MR) is 62.4 cm³/mol. The fourth-order valence-electron chi connectivity index (χ4n) is 1.04. The Morgan fingerprint density at radius 2 is 2.15 bits per heavy atom. The van der Waals surface area contributed by atoms with Crippen molar-refractivity contribution in [2.75, 3.05) is 13.6 Å². The molecule has 0 heterocycles. The summed E-state index contributed by atoms with van der Waals surface area (Å²) in [5, 5.41) is 21.4. The highest BCUT2D eigenvalue weighted by Gasteiger charge is 2.05. The average Bonchev–Trinajstić information content (AvgIpc) is 2.05. The summed E-state index contributed by atoms with van der Waals surface area (Å²) in [7, 11) is 1.77. The molecule has 0 saturated carbocycles. The molecule has 0 spiro atoms. The number of benzene rings is 1. The third-order valence-electron chi connectivity index (χ3n) is 1.65. The highest BCUT2D eigenvalue weighted by Crippen LogP contribution is 2.17. The molecule has 0 aliphatic rings. The summed E-state index contributed by atoms with van der Waals surface area (Å²) in [6.07, 6.45) is -0.554. The SMILES string of the molecule is CNC[C@H](O)c1cccc(O)c1.I. The van der Waals surface area contributed by atoms with Gasteiger partial charge in [-0.2, -0.15) is 0 Å². The molecule has 74 valence electrons. The van der Waals surface area contributed by atoms with E-state index in [9.17, 15) is 5.11 Å². The van der Waals surface area contributed by atoms with Gasteiger partial charge in [0.1, 0.15) is 5.75 Å². The van der Waals surface area contributed by atoms with E-state index in [1.54, 1.807) is 31.3 Å². The highest BCUT2D eigenvalue weighted by molar-refractivity contribution is 14.0. The van der Waals surface area contributed by atoms with Gasteiger partial charge in [0.05, 0.1) is 6.10 Å². The maximum absolute atomic E-state index is 9.47. The summed E-state index contributed by atoms with van der Waals surface area (Å²) in [5.41, 5.74) is 0.726. The van der Waals surface area contributed by atoms with Crippen LogP contribution in [0.1, 0.15) is 11.7 Å². The van der Waals surface area contributed by atoms with E-state index in [0.29, 0.717) is 6.54 Å². The molecule has 4 heteroatoms. The van der Waals surface area contributed by atoms with Crippen molar-refractivity contribution in [3.63, 3.8) is 0 Å². The van der Waals surface area contributed by atoms with Crippen molar-refractivity contribution < 1.29 is 10.2 Å². The van der Waals surface area contributed by atoms with E-state index in [-0.39, 0.29) is 29.7 Å². The van der Waals surface area contributed by atoms with Crippen molar-refractivity contribution >= 4 is 24.0 Å². The predicted octanol–water partition coefficient (Wildman–Crippen LogP) is 1.26. The normalized spacial score (nSPS) is 11.8. The van der Waals surface area contributed by atoms with Crippen molar-refractivity contribution in [1.82, 2.24) is 5.32 Å². The summed E-state index contributed by atoms with van der Waals surface area (Å²) in [6.45, 7) is 0.490. The number of hydrogen-bond donors (Lipinski definition) is 3. The molecule has 3 N–H and O–H groups in total. The van der Waals surface area contributed by atoms with Crippen molar-refractivity contribution in [2.24, 2.45) is 0 Å². The smallest absolute Gasteiger partial charge is 0.115 e. The van der Waals surface area contributed by atoms with Gasteiger partial charge in [0.15, 0.2) is 0 Å². The summed E-state index contributed by atoms with van der Waals surface area (Å²) in [6, 6.07) is 6.63. The van der Waals surface area contributed by atoms with Crippen molar-refractivity contribution in [2.45, 2.75) is 6.10 Å². The maximum Gasteiger partial charge on any atom is 0.115 e. The zero-order valence-corrected chi connectivity index (χ0v) is 9.73. The van der Waals surface area contributed by atoms with Crippen LogP contribution >= 0.6 is 24.0 Å². The number of aliphatic hydroxyl groups excluding tert-OH is 1. The first-order chi connectivity index (χ1) is 5.74. The zero-order valence-electron chi connectivity index (χ0n) is 7.40. The van der Waals surface area contributed by atoms with Crippen LogP contribution in [0.2, 0.25) is 0 Å². The van der Waals surface area contributed by atoms with E-state index in [1.807, 2.05) is 0 Å². The lowest BCUT2D eigenvalue weighted by molar-refractivity contribution is 0.177. The molecule has 0 saturated heterocycles. The molecule has 0 fully saturated rings. The lowest BCUT2D eigenvalue weighted by Crippen LogP contribution is -2.16. The number of aliphatic hydroxyl groups is 1. The Morgan fingerprint density at radius 1 is 1.46 bits per heavy atom. The van der Waals surface area contributed by atoms with Gasteiger partial charge >= 0.3 is 0 Å². The second-order valence-corrected chi connectivity index (χ2v) is 2.67. The lowest BCUT2D eigenvalue weighted by atomic mass is 10.1. The Kier molecular flexibility index (Phi) is 6.02. The molecule has 13 heavy (non-hydrogen) atoms. The van der Waals surface area contributed by atoms with Gasteiger partial charge in [0.25, 0.3) is 0 Å². The fraction of sp³-hybridized carbons (Fsp3) is 0.333. The van der Waals surface area contributed by atoms with Gasteiger partial charge in [-0.25, -0.2) is 0 Å². The Bertz CT molecular complexity index is 255. The highest BCUT2D eigenvalue weighted by atomic mass is 127. The van der Waals surface area contributed by atoms with Gasteiger partial charge in [0.2, 0.25) is 0 Å². The molecule has 1 atom stereocenters. The maximum atomic E-state index is 9.47. The summed E-state index contributed by atoms with van der Waals surface area (Å²) < 4.78 is 0. The molecular formula is C9H14INO2. The van der Waals surface area contributed by atoms with Gasteiger partial charge in [-0.15, -0.1) is 24.0 Å². The van der Waals surface area contributed by atoms with Gasteiger partial charge in [-0.3, -0.25) is 0 Å². The minimum Gasteiger partial charge on any atom is -0.508 e. The number of hydrogen-bond acceptors (Lipinski definition) is 3. The van der Waals surface area contributed by atoms with Crippen molar-refractivity contribution in [3.05, 3.63) is 29.8 Å². The molecular weight excluding hydrogens is 281 g/mol. The van der Waals surface area contributed by atoms with Gasteiger partial charge in [0, 0.05) is 6.54 Å². The second-order valence-electron chi connectivity index (χ2n) is 2.67. The van der Waals surface area contributed by atoms with Crippen LogP contribution in [-0.4, -0.2) is 23.8 Å². The molecule has 0 unspecified atom stereocenters. The Morgan fingerprint density at radius 3 is 2.69 bits per heavy atom. The summed E-state index contributed by atoms with van der Waals surface area (Å²) in [5.74, 6) is 0.183. The number of rotatable bonds is 3. The largest absolute Gasteiger partial charge is 0.508 e. The third kappa shape index (κ3) is 3.93. The Balaban J connectivity index is 0.00000144. The minimum absolute atomic E-state index is 0. The van der Waals surface area contributed by atoms with Gasteiger partial charge in [-0.05, 0) is 24.7 Å². The molecule has 0 aromatic heterocycles. The molecule has 0 aliphatic carbocycles. The molecule has 1 rings (SSSR count). The fourth-order valence-corrected chi connectivity index (χ4v) is 1.04. The number of likely N-dealkylation sites (N-methyl/N-ethyl adjacent to an activating group) is 1. The molecule has 3 nitrogen and oxygen atoms in total. The summed E-state index contributed by atoms with van der Waals surface area (Å²) >= 11 is 0. The number of nitrogens with one attached hydrogen (secondary N) is 1. The second kappa shape index (κ2) is 6.17. The van der Waals surface area contributed by atoms with Crippen molar-refractivity contribution in [1.29, 1.82) is 0 Å². The quantitative estimate of drug-likeness (QED) is 0.736. The molecule has 1 aromatic rings. The van der Waals surface area contributed by atoms with E-state index in [1.165, 1.54) is 0 Å². The van der Waals surface area contributed by atoms with Gasteiger partial charge in [-0.1, -0.05) is 12.1 Å². The standard InChI is InChI=1S/C9H13NO2.HI/c1-10-6-9(12)7-3-2-4-8(11)5-7;/h2-5,9-12H,6H2,1H3;1H/t9-;/m0./s1.